The lowest BCUT2D eigenvalue weighted by atomic mass is 10.1. The summed E-state index contributed by atoms with van der Waals surface area (Å²) in [6.45, 7) is 2.53. The summed E-state index contributed by atoms with van der Waals surface area (Å²) in [5.41, 5.74) is 0. The van der Waals surface area contributed by atoms with E-state index in [4.69, 9.17) is 21.1 Å². The molecule has 0 bridgehead atoms. The second-order valence-electron chi connectivity index (χ2n) is 7.50. The monoisotopic (exact) mass is 493 g/mol. The van der Waals surface area contributed by atoms with Gasteiger partial charge in [0.25, 0.3) is 0 Å². The molecule has 0 unspecified atom stereocenters. The molecular weight excluding hydrogens is 466 g/mol. The van der Waals surface area contributed by atoms with Crippen molar-refractivity contribution in [1.29, 1.82) is 0 Å². The van der Waals surface area contributed by atoms with Crippen molar-refractivity contribution in [3.63, 3.8) is 0 Å². The summed E-state index contributed by atoms with van der Waals surface area (Å²) in [6.07, 6.45) is 1.00. The van der Waals surface area contributed by atoms with E-state index in [1.165, 1.54) is 16.2 Å². The molecule has 174 valence electrons. The highest BCUT2D eigenvalue weighted by molar-refractivity contribution is 7.89. The highest BCUT2D eigenvalue weighted by Gasteiger charge is 2.41. The van der Waals surface area contributed by atoms with Crippen LogP contribution in [0.5, 0.6) is 0 Å². The molecule has 2 atom stereocenters. The average molecular weight is 494 g/mol. The van der Waals surface area contributed by atoms with Gasteiger partial charge in [0, 0.05) is 44.6 Å². The van der Waals surface area contributed by atoms with Crippen LogP contribution in [0.4, 0.5) is 0 Å². The Bertz CT molecular complexity index is 872. The Labute approximate surface area is 191 Å². The fraction of sp³-hybridized carbons (Fsp3) is 0.684. The van der Waals surface area contributed by atoms with Crippen molar-refractivity contribution in [2.75, 3.05) is 52.3 Å². The van der Waals surface area contributed by atoms with Crippen LogP contribution in [0.2, 0.25) is 4.34 Å². The van der Waals surface area contributed by atoms with Crippen LogP contribution in [-0.2, 0) is 35.5 Å². The van der Waals surface area contributed by atoms with Gasteiger partial charge in [0.2, 0.25) is 21.8 Å². The SMILES string of the molecule is COCC[C@@H](C(=O)N1CCOCC1)N1CC[C@H](NS(=O)(=O)CCc2ccc(Cl)s2)C1=O. The third-order valence-electron chi connectivity index (χ3n) is 5.39. The first-order valence-corrected chi connectivity index (χ1v) is 13.1. The zero-order chi connectivity index (χ0) is 22.4. The zero-order valence-corrected chi connectivity index (χ0v) is 19.8. The van der Waals surface area contributed by atoms with Crippen LogP contribution in [-0.4, -0.2) is 94.4 Å². The number of halogens is 1. The number of methoxy groups -OCH3 is 1. The second kappa shape index (κ2) is 11.1. The number of amides is 2. The van der Waals surface area contributed by atoms with E-state index in [9.17, 15) is 18.0 Å². The summed E-state index contributed by atoms with van der Waals surface area (Å²) in [7, 11) is -2.12. The van der Waals surface area contributed by atoms with Crippen molar-refractivity contribution in [1.82, 2.24) is 14.5 Å². The van der Waals surface area contributed by atoms with E-state index >= 15 is 0 Å². The number of carbonyl (C=O) groups excluding carboxylic acids is 2. The van der Waals surface area contributed by atoms with Gasteiger partial charge < -0.3 is 19.3 Å². The van der Waals surface area contributed by atoms with Crippen molar-refractivity contribution in [2.24, 2.45) is 0 Å². The van der Waals surface area contributed by atoms with E-state index in [0.717, 1.165) is 4.88 Å². The number of aryl methyl sites for hydroxylation is 1. The number of ether oxygens (including phenoxy) is 2. The van der Waals surface area contributed by atoms with Crippen LogP contribution in [0.15, 0.2) is 12.1 Å². The molecule has 2 aliphatic heterocycles. The molecule has 0 spiro atoms. The van der Waals surface area contributed by atoms with E-state index in [-0.39, 0.29) is 17.6 Å². The quantitative estimate of drug-likeness (QED) is 0.515. The Morgan fingerprint density at radius 1 is 1.35 bits per heavy atom. The molecule has 2 saturated heterocycles. The maximum absolute atomic E-state index is 13.1. The summed E-state index contributed by atoms with van der Waals surface area (Å²) >= 11 is 7.22. The van der Waals surface area contributed by atoms with Crippen molar-refractivity contribution in [3.8, 4) is 0 Å². The minimum Gasteiger partial charge on any atom is -0.385 e. The minimum absolute atomic E-state index is 0.132. The Kier molecular flexibility index (Phi) is 8.71. The lowest BCUT2D eigenvalue weighted by Crippen LogP contribution is -2.54. The lowest BCUT2D eigenvalue weighted by molar-refractivity contribution is -0.147. The van der Waals surface area contributed by atoms with Gasteiger partial charge in [0.15, 0.2) is 0 Å². The van der Waals surface area contributed by atoms with E-state index in [1.54, 1.807) is 24.1 Å². The predicted molar refractivity (Wildman–Crippen MR) is 118 cm³/mol. The van der Waals surface area contributed by atoms with Crippen molar-refractivity contribution >= 4 is 44.8 Å². The summed E-state index contributed by atoms with van der Waals surface area (Å²) < 4.78 is 38.6. The Hall–Kier alpha value is -1.24. The maximum Gasteiger partial charge on any atom is 0.245 e. The Morgan fingerprint density at radius 3 is 2.74 bits per heavy atom. The molecular formula is C19H28ClN3O6S2. The van der Waals surface area contributed by atoms with Crippen LogP contribution in [0.1, 0.15) is 17.7 Å². The molecule has 0 aliphatic carbocycles. The number of morpholine rings is 1. The molecule has 1 aromatic heterocycles. The normalized spacial score (nSPS) is 21.0. The zero-order valence-electron chi connectivity index (χ0n) is 17.4. The first kappa shape index (κ1) is 24.4. The number of carbonyl (C=O) groups is 2. The first-order valence-electron chi connectivity index (χ1n) is 10.2. The number of rotatable bonds is 10. The molecule has 3 rings (SSSR count). The fourth-order valence-electron chi connectivity index (χ4n) is 3.75. The summed E-state index contributed by atoms with van der Waals surface area (Å²) in [5, 5.41) is 0. The van der Waals surface area contributed by atoms with Crippen LogP contribution < -0.4 is 4.72 Å². The van der Waals surface area contributed by atoms with Gasteiger partial charge in [-0.15, -0.1) is 11.3 Å². The topological polar surface area (TPSA) is 105 Å². The average Bonchev–Trinajstić information content (AvgIpc) is 3.33. The number of nitrogens with zero attached hydrogens (tertiary/aromatic N) is 2. The Morgan fingerprint density at radius 2 is 2.10 bits per heavy atom. The molecule has 3 heterocycles. The van der Waals surface area contributed by atoms with Crippen LogP contribution in [0, 0.1) is 0 Å². The molecule has 0 saturated carbocycles. The number of likely N-dealkylation sites (tertiary alicyclic amines) is 1. The largest absolute Gasteiger partial charge is 0.385 e. The van der Waals surface area contributed by atoms with Crippen LogP contribution >= 0.6 is 22.9 Å². The smallest absolute Gasteiger partial charge is 0.245 e. The third kappa shape index (κ3) is 6.62. The molecule has 0 radical (unpaired) electrons. The van der Waals surface area contributed by atoms with Crippen LogP contribution in [0.3, 0.4) is 0 Å². The Balaban J connectivity index is 1.61. The van der Waals surface area contributed by atoms with Gasteiger partial charge in [-0.1, -0.05) is 11.6 Å². The third-order valence-corrected chi connectivity index (χ3v) is 8.06. The summed E-state index contributed by atoms with van der Waals surface area (Å²) in [4.78, 5) is 30.1. The number of thiophene rings is 1. The van der Waals surface area contributed by atoms with Crippen molar-refractivity contribution < 1.29 is 27.5 Å². The number of sulfonamides is 1. The maximum atomic E-state index is 13.1. The van der Waals surface area contributed by atoms with Gasteiger partial charge in [0.05, 0.1) is 23.3 Å². The summed E-state index contributed by atoms with van der Waals surface area (Å²) in [5.74, 6) is -0.648. The van der Waals surface area contributed by atoms with Gasteiger partial charge in [0.1, 0.15) is 12.1 Å². The van der Waals surface area contributed by atoms with Gasteiger partial charge in [-0.05, 0) is 25.0 Å². The summed E-state index contributed by atoms with van der Waals surface area (Å²) in [6, 6.07) is 1.99. The molecule has 2 aliphatic rings. The minimum atomic E-state index is -3.66. The predicted octanol–water partition coefficient (Wildman–Crippen LogP) is 0.728. The molecule has 2 fully saturated rings. The van der Waals surface area contributed by atoms with E-state index in [2.05, 4.69) is 4.72 Å². The number of nitrogens with one attached hydrogen (secondary N) is 1. The molecule has 1 N–H and O–H groups in total. The standard InChI is InChI=1S/C19H28ClN3O6S2/c1-28-10-5-16(19(25)22-8-11-29-12-9-22)23-7-4-15(18(23)24)21-31(26,27)13-6-14-2-3-17(20)30-14/h2-3,15-16,21H,4-13H2,1H3/t15-,16-/m0/s1. The highest BCUT2D eigenvalue weighted by atomic mass is 35.5. The van der Waals surface area contributed by atoms with E-state index in [0.29, 0.717) is 63.1 Å². The molecule has 12 heteroatoms. The first-order chi connectivity index (χ1) is 14.8. The lowest BCUT2D eigenvalue weighted by Gasteiger charge is -2.34. The molecule has 9 nitrogen and oxygen atoms in total. The van der Waals surface area contributed by atoms with Gasteiger partial charge in [-0.2, -0.15) is 0 Å². The van der Waals surface area contributed by atoms with Crippen molar-refractivity contribution in [2.45, 2.75) is 31.3 Å². The van der Waals surface area contributed by atoms with Gasteiger partial charge in [-0.3, -0.25) is 9.59 Å². The van der Waals surface area contributed by atoms with Crippen molar-refractivity contribution in [3.05, 3.63) is 21.3 Å². The van der Waals surface area contributed by atoms with Crippen LogP contribution in [0.25, 0.3) is 0 Å². The van der Waals surface area contributed by atoms with Gasteiger partial charge >= 0.3 is 0 Å². The van der Waals surface area contributed by atoms with Gasteiger partial charge in [-0.25, -0.2) is 13.1 Å². The second-order valence-corrected chi connectivity index (χ2v) is 11.2. The van der Waals surface area contributed by atoms with E-state index in [1.807, 2.05) is 0 Å². The number of hydrogen-bond acceptors (Lipinski definition) is 7. The highest BCUT2D eigenvalue weighted by Crippen LogP contribution is 2.23. The number of hydrogen-bond donors (Lipinski definition) is 1. The molecule has 2 amide bonds. The van der Waals surface area contributed by atoms with E-state index < -0.39 is 22.1 Å². The molecule has 0 aromatic carbocycles. The molecule has 31 heavy (non-hydrogen) atoms. The fourth-order valence-corrected chi connectivity index (χ4v) is 6.23. The molecule has 1 aromatic rings.